The lowest BCUT2D eigenvalue weighted by Gasteiger charge is -2.21. The molecule has 36 heavy (non-hydrogen) atoms. The second kappa shape index (κ2) is 12.5. The van der Waals surface area contributed by atoms with Gasteiger partial charge in [-0.3, -0.25) is 9.59 Å². The molecule has 0 radical (unpaired) electrons. The van der Waals surface area contributed by atoms with Gasteiger partial charge in [0, 0.05) is 25.6 Å². The van der Waals surface area contributed by atoms with Crippen molar-refractivity contribution < 1.29 is 14.1 Å². The average molecular weight is 482 g/mol. The van der Waals surface area contributed by atoms with Crippen LogP contribution in [0.3, 0.4) is 0 Å². The first-order valence-corrected chi connectivity index (χ1v) is 12.2. The van der Waals surface area contributed by atoms with Crippen molar-refractivity contribution in [2.24, 2.45) is 0 Å². The summed E-state index contributed by atoms with van der Waals surface area (Å²) < 4.78 is 5.44. The standard InChI is InChI=1S/C30H31N3O3/c1-23-12-14-26(15-13-23)21-31-30(35)28-20-27(36-32-28)22-33(19-18-25-10-6-3-7-11-25)29(34)17-16-24-8-4-2-5-9-24/h2-15,20H,16-19,21-22H2,1H3,(H,31,35). The largest absolute Gasteiger partial charge is 0.359 e. The summed E-state index contributed by atoms with van der Waals surface area (Å²) in [6.07, 6.45) is 1.80. The van der Waals surface area contributed by atoms with Crippen molar-refractivity contribution in [3.8, 4) is 0 Å². The van der Waals surface area contributed by atoms with Crippen molar-refractivity contribution in [2.45, 2.75) is 39.3 Å². The quantitative estimate of drug-likeness (QED) is 0.323. The van der Waals surface area contributed by atoms with Gasteiger partial charge in [-0.25, -0.2) is 0 Å². The molecule has 0 aliphatic carbocycles. The third kappa shape index (κ3) is 7.40. The van der Waals surface area contributed by atoms with Crippen molar-refractivity contribution >= 4 is 11.8 Å². The van der Waals surface area contributed by atoms with E-state index in [1.165, 1.54) is 5.56 Å². The Labute approximate surface area is 211 Å². The van der Waals surface area contributed by atoms with Crippen LogP contribution in [0.25, 0.3) is 0 Å². The molecule has 1 aromatic heterocycles. The van der Waals surface area contributed by atoms with E-state index in [9.17, 15) is 9.59 Å². The number of hydrogen-bond acceptors (Lipinski definition) is 4. The Morgan fingerprint density at radius 2 is 1.47 bits per heavy atom. The molecule has 1 heterocycles. The Bertz CT molecular complexity index is 1250. The topological polar surface area (TPSA) is 75.4 Å². The smallest absolute Gasteiger partial charge is 0.273 e. The van der Waals surface area contributed by atoms with Crippen molar-refractivity contribution in [3.63, 3.8) is 0 Å². The number of aryl methyl sites for hydroxylation is 2. The third-order valence-electron chi connectivity index (χ3n) is 6.05. The molecule has 2 amide bonds. The van der Waals surface area contributed by atoms with E-state index in [2.05, 4.69) is 22.6 Å². The van der Waals surface area contributed by atoms with Gasteiger partial charge in [0.2, 0.25) is 5.91 Å². The first-order chi connectivity index (χ1) is 17.6. The van der Waals surface area contributed by atoms with E-state index in [1.54, 1.807) is 11.0 Å². The second-order valence-electron chi connectivity index (χ2n) is 8.88. The van der Waals surface area contributed by atoms with Gasteiger partial charge in [0.15, 0.2) is 11.5 Å². The lowest BCUT2D eigenvalue weighted by atomic mass is 10.1. The summed E-state index contributed by atoms with van der Waals surface area (Å²) in [5, 5.41) is 6.81. The highest BCUT2D eigenvalue weighted by molar-refractivity contribution is 5.92. The molecule has 4 aromatic rings. The zero-order valence-electron chi connectivity index (χ0n) is 20.5. The number of amides is 2. The zero-order valence-corrected chi connectivity index (χ0v) is 20.5. The summed E-state index contributed by atoms with van der Waals surface area (Å²) in [4.78, 5) is 27.5. The molecule has 0 fully saturated rings. The Hall–Kier alpha value is -4.19. The Morgan fingerprint density at radius 1 is 0.833 bits per heavy atom. The van der Waals surface area contributed by atoms with E-state index < -0.39 is 0 Å². The van der Waals surface area contributed by atoms with Crippen LogP contribution in [0.5, 0.6) is 0 Å². The van der Waals surface area contributed by atoms with Gasteiger partial charge in [0.05, 0.1) is 6.54 Å². The fourth-order valence-electron chi connectivity index (χ4n) is 3.92. The molecule has 0 atom stereocenters. The monoisotopic (exact) mass is 481 g/mol. The van der Waals surface area contributed by atoms with Gasteiger partial charge in [0.1, 0.15) is 0 Å². The molecular formula is C30H31N3O3. The van der Waals surface area contributed by atoms with Crippen LogP contribution >= 0.6 is 0 Å². The Morgan fingerprint density at radius 3 is 2.14 bits per heavy atom. The number of benzene rings is 3. The SMILES string of the molecule is Cc1ccc(CNC(=O)c2cc(CN(CCc3ccccc3)C(=O)CCc3ccccc3)on2)cc1. The second-order valence-corrected chi connectivity index (χ2v) is 8.88. The molecule has 6 nitrogen and oxygen atoms in total. The van der Waals surface area contributed by atoms with Crippen molar-refractivity contribution in [1.29, 1.82) is 0 Å². The van der Waals surface area contributed by atoms with E-state index in [0.29, 0.717) is 31.7 Å². The minimum Gasteiger partial charge on any atom is -0.359 e. The number of hydrogen-bond donors (Lipinski definition) is 1. The summed E-state index contributed by atoms with van der Waals surface area (Å²) in [5.74, 6) is 0.213. The van der Waals surface area contributed by atoms with Crippen LogP contribution in [0, 0.1) is 6.92 Å². The molecule has 0 saturated carbocycles. The van der Waals surface area contributed by atoms with Gasteiger partial charge in [-0.2, -0.15) is 0 Å². The summed E-state index contributed by atoms with van der Waals surface area (Å²) in [7, 11) is 0. The average Bonchev–Trinajstić information content (AvgIpc) is 3.39. The highest BCUT2D eigenvalue weighted by atomic mass is 16.5. The lowest BCUT2D eigenvalue weighted by Crippen LogP contribution is -2.32. The summed E-state index contributed by atoms with van der Waals surface area (Å²) in [5.41, 5.74) is 4.67. The minimum absolute atomic E-state index is 0.0385. The number of carbonyl (C=O) groups excluding carboxylic acids is 2. The van der Waals surface area contributed by atoms with Crippen LogP contribution in [0.15, 0.2) is 95.5 Å². The Balaban J connectivity index is 1.38. The lowest BCUT2D eigenvalue weighted by molar-refractivity contribution is -0.132. The molecule has 0 saturated heterocycles. The molecular weight excluding hydrogens is 450 g/mol. The van der Waals surface area contributed by atoms with E-state index in [0.717, 1.165) is 23.1 Å². The number of nitrogens with one attached hydrogen (secondary N) is 1. The minimum atomic E-state index is -0.309. The van der Waals surface area contributed by atoms with Gasteiger partial charge in [-0.05, 0) is 36.5 Å². The maximum atomic E-state index is 13.2. The number of carbonyl (C=O) groups is 2. The molecule has 0 aliphatic heterocycles. The molecule has 184 valence electrons. The van der Waals surface area contributed by atoms with Crippen LogP contribution in [0.2, 0.25) is 0 Å². The predicted octanol–water partition coefficient (Wildman–Crippen LogP) is 5.12. The van der Waals surface area contributed by atoms with Gasteiger partial charge in [-0.15, -0.1) is 0 Å². The van der Waals surface area contributed by atoms with Gasteiger partial charge < -0.3 is 14.7 Å². The van der Waals surface area contributed by atoms with Crippen molar-refractivity contribution in [2.75, 3.05) is 6.54 Å². The number of nitrogens with zero attached hydrogens (tertiary/aromatic N) is 2. The normalized spacial score (nSPS) is 10.7. The number of aromatic nitrogens is 1. The molecule has 3 aromatic carbocycles. The Kier molecular flexibility index (Phi) is 8.65. The van der Waals surface area contributed by atoms with E-state index in [-0.39, 0.29) is 24.1 Å². The van der Waals surface area contributed by atoms with Crippen molar-refractivity contribution in [1.82, 2.24) is 15.4 Å². The summed E-state index contributed by atoms with van der Waals surface area (Å²) in [6.45, 7) is 3.24. The van der Waals surface area contributed by atoms with E-state index in [4.69, 9.17) is 4.52 Å². The molecule has 0 unspecified atom stereocenters. The fraction of sp³-hybridized carbons (Fsp3) is 0.233. The maximum absolute atomic E-state index is 13.2. The van der Waals surface area contributed by atoms with Gasteiger partial charge >= 0.3 is 0 Å². The molecule has 4 rings (SSSR count). The molecule has 1 N–H and O–H groups in total. The zero-order chi connectivity index (χ0) is 25.2. The van der Waals surface area contributed by atoms with Crippen LogP contribution in [-0.4, -0.2) is 28.4 Å². The summed E-state index contributed by atoms with van der Waals surface area (Å²) >= 11 is 0. The number of rotatable bonds is 11. The highest BCUT2D eigenvalue weighted by Gasteiger charge is 2.19. The summed E-state index contributed by atoms with van der Waals surface area (Å²) in [6, 6.07) is 29.7. The van der Waals surface area contributed by atoms with Crippen LogP contribution in [0.1, 0.15) is 44.9 Å². The molecule has 0 bridgehead atoms. The predicted molar refractivity (Wildman–Crippen MR) is 139 cm³/mol. The molecule has 6 heteroatoms. The van der Waals surface area contributed by atoms with Crippen LogP contribution in [0.4, 0.5) is 0 Å². The highest BCUT2D eigenvalue weighted by Crippen LogP contribution is 2.13. The van der Waals surface area contributed by atoms with Gasteiger partial charge in [-0.1, -0.05) is 95.6 Å². The van der Waals surface area contributed by atoms with Crippen LogP contribution < -0.4 is 5.32 Å². The fourth-order valence-corrected chi connectivity index (χ4v) is 3.92. The van der Waals surface area contributed by atoms with Crippen LogP contribution in [-0.2, 0) is 30.7 Å². The van der Waals surface area contributed by atoms with Gasteiger partial charge in [0.25, 0.3) is 5.91 Å². The maximum Gasteiger partial charge on any atom is 0.273 e. The first-order valence-electron chi connectivity index (χ1n) is 12.2. The van der Waals surface area contributed by atoms with E-state index >= 15 is 0 Å². The van der Waals surface area contributed by atoms with Crippen molar-refractivity contribution in [3.05, 3.63) is 125 Å². The molecule has 0 aliphatic rings. The molecule has 0 spiro atoms. The first kappa shape index (κ1) is 24.9. The van der Waals surface area contributed by atoms with E-state index in [1.807, 2.05) is 79.7 Å². The third-order valence-corrected chi connectivity index (χ3v) is 6.05.